The lowest BCUT2D eigenvalue weighted by Gasteiger charge is -2.20. The molecule has 100 valence electrons. The average molecular weight is 293 g/mol. The number of amides is 1. The quantitative estimate of drug-likeness (QED) is 0.862. The Balaban J connectivity index is 0.00000162. The van der Waals surface area contributed by atoms with Crippen LogP contribution < -0.4 is 5.32 Å². The summed E-state index contributed by atoms with van der Waals surface area (Å²) >= 11 is 5.78. The van der Waals surface area contributed by atoms with Gasteiger partial charge in [-0.2, -0.15) is 0 Å². The predicted octanol–water partition coefficient (Wildman–Crippen LogP) is 2.34. The molecule has 0 bridgehead atoms. The van der Waals surface area contributed by atoms with Crippen LogP contribution in [0.3, 0.4) is 0 Å². The fourth-order valence-electron chi connectivity index (χ4n) is 1.88. The minimum absolute atomic E-state index is 0. The maximum atomic E-state index is 13.6. The van der Waals surface area contributed by atoms with Gasteiger partial charge in [-0.05, 0) is 31.2 Å². The van der Waals surface area contributed by atoms with E-state index in [1.165, 1.54) is 18.2 Å². The molecule has 1 heterocycles. The van der Waals surface area contributed by atoms with Crippen molar-refractivity contribution in [3.05, 3.63) is 34.6 Å². The number of nitrogens with zero attached hydrogens (tertiary/aromatic N) is 1. The highest BCUT2D eigenvalue weighted by atomic mass is 35.5. The molecular weight excluding hydrogens is 278 g/mol. The highest BCUT2D eigenvalue weighted by Crippen LogP contribution is 2.17. The number of carbonyl (C=O) groups is 1. The van der Waals surface area contributed by atoms with Gasteiger partial charge in [0.05, 0.1) is 5.56 Å². The Morgan fingerprint density at radius 3 is 2.89 bits per heavy atom. The fraction of sp³-hybridized carbons (Fsp3) is 0.417. The molecule has 0 spiro atoms. The maximum absolute atomic E-state index is 13.6. The van der Waals surface area contributed by atoms with E-state index in [9.17, 15) is 9.18 Å². The zero-order chi connectivity index (χ0) is 12.3. The standard InChI is InChI=1S/C12H14ClFN2O.ClH/c13-9-2-3-11(14)10(8-9)12(17)16-6-1-4-15-5-7-16;/h2-3,8,15H,1,4-7H2;1H. The van der Waals surface area contributed by atoms with E-state index in [1.54, 1.807) is 4.90 Å². The zero-order valence-electron chi connectivity index (χ0n) is 9.79. The molecule has 0 aliphatic carbocycles. The summed E-state index contributed by atoms with van der Waals surface area (Å²) in [5.41, 5.74) is 0.0550. The van der Waals surface area contributed by atoms with Crippen LogP contribution in [0.4, 0.5) is 4.39 Å². The van der Waals surface area contributed by atoms with Crippen LogP contribution in [-0.2, 0) is 0 Å². The Kier molecular flexibility index (Phi) is 5.85. The van der Waals surface area contributed by atoms with Gasteiger partial charge in [-0.3, -0.25) is 4.79 Å². The van der Waals surface area contributed by atoms with Crippen molar-refractivity contribution in [3.63, 3.8) is 0 Å². The highest BCUT2D eigenvalue weighted by molar-refractivity contribution is 6.31. The molecule has 0 radical (unpaired) electrons. The normalized spacial score (nSPS) is 15.8. The summed E-state index contributed by atoms with van der Waals surface area (Å²) in [4.78, 5) is 13.8. The smallest absolute Gasteiger partial charge is 0.256 e. The number of carbonyl (C=O) groups excluding carboxylic acids is 1. The lowest BCUT2D eigenvalue weighted by molar-refractivity contribution is 0.0761. The van der Waals surface area contributed by atoms with Crippen molar-refractivity contribution >= 4 is 29.9 Å². The van der Waals surface area contributed by atoms with Crippen molar-refractivity contribution in [2.45, 2.75) is 6.42 Å². The van der Waals surface area contributed by atoms with Crippen molar-refractivity contribution in [2.75, 3.05) is 26.2 Å². The second kappa shape index (κ2) is 6.92. The molecule has 0 unspecified atom stereocenters. The van der Waals surface area contributed by atoms with E-state index < -0.39 is 5.82 Å². The van der Waals surface area contributed by atoms with Gasteiger partial charge in [0.2, 0.25) is 0 Å². The molecule has 6 heteroatoms. The van der Waals surface area contributed by atoms with Crippen molar-refractivity contribution in [3.8, 4) is 0 Å². The maximum Gasteiger partial charge on any atom is 0.256 e. The SMILES string of the molecule is Cl.O=C(c1cc(Cl)ccc1F)N1CCCNCC1. The molecule has 1 N–H and O–H groups in total. The molecular formula is C12H15Cl2FN2O. The minimum Gasteiger partial charge on any atom is -0.337 e. The average Bonchev–Trinajstić information content (AvgIpc) is 2.60. The van der Waals surface area contributed by atoms with Crippen LogP contribution in [0.15, 0.2) is 18.2 Å². The molecule has 1 aromatic rings. The van der Waals surface area contributed by atoms with E-state index in [4.69, 9.17) is 11.6 Å². The van der Waals surface area contributed by atoms with E-state index >= 15 is 0 Å². The van der Waals surface area contributed by atoms with Gasteiger partial charge < -0.3 is 10.2 Å². The molecule has 1 aliphatic heterocycles. The minimum atomic E-state index is -0.517. The van der Waals surface area contributed by atoms with Crippen molar-refractivity contribution in [2.24, 2.45) is 0 Å². The Labute approximate surface area is 117 Å². The molecule has 1 aliphatic rings. The van der Waals surface area contributed by atoms with Gasteiger partial charge in [-0.25, -0.2) is 4.39 Å². The second-order valence-corrected chi connectivity index (χ2v) is 4.46. The summed E-state index contributed by atoms with van der Waals surface area (Å²) in [6.45, 7) is 2.89. The topological polar surface area (TPSA) is 32.3 Å². The van der Waals surface area contributed by atoms with E-state index in [0.29, 0.717) is 18.1 Å². The number of hydrogen-bond acceptors (Lipinski definition) is 2. The molecule has 1 saturated heterocycles. The number of halogens is 3. The molecule has 1 amide bonds. The van der Waals surface area contributed by atoms with Gasteiger partial charge in [0.1, 0.15) is 5.82 Å². The summed E-state index contributed by atoms with van der Waals surface area (Å²) in [6.07, 6.45) is 0.883. The fourth-order valence-corrected chi connectivity index (χ4v) is 2.05. The second-order valence-electron chi connectivity index (χ2n) is 4.02. The van der Waals surface area contributed by atoms with Crippen molar-refractivity contribution in [1.29, 1.82) is 0 Å². The monoisotopic (exact) mass is 292 g/mol. The first-order valence-electron chi connectivity index (χ1n) is 5.63. The van der Waals surface area contributed by atoms with E-state index in [0.717, 1.165) is 19.5 Å². The number of hydrogen-bond donors (Lipinski definition) is 1. The highest BCUT2D eigenvalue weighted by Gasteiger charge is 2.20. The zero-order valence-corrected chi connectivity index (χ0v) is 11.4. The van der Waals surface area contributed by atoms with Gasteiger partial charge >= 0.3 is 0 Å². The predicted molar refractivity (Wildman–Crippen MR) is 72.0 cm³/mol. The molecule has 0 aromatic heterocycles. The first-order valence-corrected chi connectivity index (χ1v) is 6.01. The Hall–Kier alpha value is -0.840. The Morgan fingerprint density at radius 1 is 1.33 bits per heavy atom. The lowest BCUT2D eigenvalue weighted by atomic mass is 10.2. The lowest BCUT2D eigenvalue weighted by Crippen LogP contribution is -2.34. The molecule has 3 nitrogen and oxygen atoms in total. The molecule has 1 aromatic carbocycles. The van der Waals surface area contributed by atoms with E-state index in [1.807, 2.05) is 0 Å². The Morgan fingerprint density at radius 2 is 2.11 bits per heavy atom. The summed E-state index contributed by atoms with van der Waals surface area (Å²) in [6, 6.07) is 4.06. The molecule has 2 rings (SSSR count). The number of benzene rings is 1. The van der Waals surface area contributed by atoms with Crippen LogP contribution >= 0.6 is 24.0 Å². The van der Waals surface area contributed by atoms with E-state index in [2.05, 4.69) is 5.32 Å². The summed E-state index contributed by atoms with van der Waals surface area (Å²) in [7, 11) is 0. The van der Waals surface area contributed by atoms with Crippen LogP contribution in [0.1, 0.15) is 16.8 Å². The third-order valence-electron chi connectivity index (χ3n) is 2.79. The van der Waals surface area contributed by atoms with Gasteiger partial charge in [0.25, 0.3) is 5.91 Å². The van der Waals surface area contributed by atoms with Crippen LogP contribution in [0.5, 0.6) is 0 Å². The third-order valence-corrected chi connectivity index (χ3v) is 3.02. The summed E-state index contributed by atoms with van der Waals surface area (Å²) < 4.78 is 13.6. The van der Waals surface area contributed by atoms with Crippen LogP contribution in [0.25, 0.3) is 0 Å². The Bertz CT molecular complexity index is 421. The van der Waals surface area contributed by atoms with E-state index in [-0.39, 0.29) is 23.9 Å². The molecule has 0 saturated carbocycles. The van der Waals surface area contributed by atoms with Crippen molar-refractivity contribution < 1.29 is 9.18 Å². The summed E-state index contributed by atoms with van der Waals surface area (Å²) in [5, 5.41) is 3.57. The largest absolute Gasteiger partial charge is 0.337 e. The van der Waals surface area contributed by atoms with Crippen LogP contribution in [0, 0.1) is 5.82 Å². The third kappa shape index (κ3) is 3.57. The van der Waals surface area contributed by atoms with Gasteiger partial charge in [0, 0.05) is 24.7 Å². The first kappa shape index (κ1) is 15.2. The molecule has 18 heavy (non-hydrogen) atoms. The van der Waals surface area contributed by atoms with Crippen LogP contribution in [0.2, 0.25) is 5.02 Å². The first-order chi connectivity index (χ1) is 8.18. The van der Waals surface area contributed by atoms with Gasteiger partial charge in [-0.1, -0.05) is 11.6 Å². The molecule has 0 atom stereocenters. The number of rotatable bonds is 1. The number of nitrogens with one attached hydrogen (secondary N) is 1. The summed E-state index contributed by atoms with van der Waals surface area (Å²) in [5.74, 6) is -0.801. The van der Waals surface area contributed by atoms with Gasteiger partial charge in [-0.15, -0.1) is 12.4 Å². The van der Waals surface area contributed by atoms with Gasteiger partial charge in [0.15, 0.2) is 0 Å². The van der Waals surface area contributed by atoms with Crippen molar-refractivity contribution in [1.82, 2.24) is 10.2 Å². The van der Waals surface area contributed by atoms with Crippen LogP contribution in [-0.4, -0.2) is 37.0 Å². The molecule has 1 fully saturated rings.